The Hall–Kier alpha value is -2.78. The molecule has 3 nitrogen and oxygen atoms in total. The number of halogens is 1. The number of benzene rings is 2. The van der Waals surface area contributed by atoms with Crippen LogP contribution in [0.3, 0.4) is 0 Å². The van der Waals surface area contributed by atoms with Gasteiger partial charge < -0.3 is 0 Å². The molecular formula is C21H18ClN3. The SMILES string of the molecule is C/C=C\C(=C/C)c1nc(Cl)nc(-c2ccc(-c3ccccc3)cc2)n1. The molecule has 1 aromatic heterocycles. The molecule has 0 aliphatic heterocycles. The van der Waals surface area contributed by atoms with Crippen LogP contribution in [0, 0.1) is 0 Å². The number of hydrogen-bond acceptors (Lipinski definition) is 3. The standard InChI is InChI=1S/C21H18ClN3/c1-3-8-15(4-2)19-23-20(25-21(22)24-19)18-13-11-17(12-14-18)16-9-6-5-7-10-16/h3-14H,1-2H3/b8-3-,15-4+. The second-order valence-corrected chi connectivity index (χ2v) is 5.78. The molecule has 3 rings (SSSR count). The Bertz CT molecular complexity index is 914. The number of allylic oxidation sites excluding steroid dienone is 4. The first-order valence-corrected chi connectivity index (χ1v) is 8.46. The molecule has 0 radical (unpaired) electrons. The minimum Gasteiger partial charge on any atom is -0.208 e. The second-order valence-electron chi connectivity index (χ2n) is 5.44. The van der Waals surface area contributed by atoms with Crippen LogP contribution in [0.1, 0.15) is 19.7 Å². The first-order valence-electron chi connectivity index (χ1n) is 8.08. The fourth-order valence-corrected chi connectivity index (χ4v) is 2.69. The largest absolute Gasteiger partial charge is 0.226 e. The van der Waals surface area contributed by atoms with Crippen molar-refractivity contribution in [3.63, 3.8) is 0 Å². The summed E-state index contributed by atoms with van der Waals surface area (Å²) in [6, 6.07) is 18.4. The minimum atomic E-state index is 0.191. The van der Waals surface area contributed by atoms with Crippen LogP contribution in [0.25, 0.3) is 28.1 Å². The zero-order valence-electron chi connectivity index (χ0n) is 14.1. The van der Waals surface area contributed by atoms with Gasteiger partial charge in [-0.15, -0.1) is 0 Å². The van der Waals surface area contributed by atoms with Crippen molar-refractivity contribution in [3.05, 3.63) is 83.9 Å². The normalized spacial score (nSPS) is 11.9. The Labute approximate surface area is 152 Å². The monoisotopic (exact) mass is 347 g/mol. The topological polar surface area (TPSA) is 38.7 Å². The lowest BCUT2D eigenvalue weighted by Gasteiger charge is -2.06. The summed E-state index contributed by atoms with van der Waals surface area (Å²) in [5.41, 5.74) is 4.13. The first-order chi connectivity index (χ1) is 12.2. The van der Waals surface area contributed by atoms with E-state index in [4.69, 9.17) is 11.6 Å². The molecule has 0 aliphatic rings. The summed E-state index contributed by atoms with van der Waals surface area (Å²) in [4.78, 5) is 13.1. The summed E-state index contributed by atoms with van der Waals surface area (Å²) < 4.78 is 0. The maximum atomic E-state index is 6.11. The summed E-state index contributed by atoms with van der Waals surface area (Å²) in [6.07, 6.45) is 5.85. The highest BCUT2D eigenvalue weighted by atomic mass is 35.5. The Morgan fingerprint density at radius 2 is 1.44 bits per heavy atom. The summed E-state index contributed by atoms with van der Waals surface area (Å²) in [6.45, 7) is 3.90. The number of nitrogens with zero attached hydrogens (tertiary/aromatic N) is 3. The van der Waals surface area contributed by atoms with Crippen molar-refractivity contribution in [2.24, 2.45) is 0 Å². The predicted octanol–water partition coefficient (Wildman–Crippen LogP) is 5.84. The molecule has 3 aromatic rings. The van der Waals surface area contributed by atoms with E-state index in [2.05, 4.69) is 39.2 Å². The van der Waals surface area contributed by atoms with E-state index in [0.717, 1.165) is 16.7 Å². The van der Waals surface area contributed by atoms with E-state index in [-0.39, 0.29) is 5.28 Å². The maximum Gasteiger partial charge on any atom is 0.226 e. The van der Waals surface area contributed by atoms with Gasteiger partial charge in [-0.05, 0) is 36.6 Å². The first kappa shape index (κ1) is 17.1. The van der Waals surface area contributed by atoms with Gasteiger partial charge in [0.15, 0.2) is 11.6 Å². The Morgan fingerprint density at radius 1 is 0.800 bits per heavy atom. The zero-order chi connectivity index (χ0) is 17.6. The summed E-state index contributed by atoms with van der Waals surface area (Å²) >= 11 is 6.11. The maximum absolute atomic E-state index is 6.11. The number of hydrogen-bond donors (Lipinski definition) is 0. The number of aromatic nitrogens is 3. The van der Waals surface area contributed by atoms with Gasteiger partial charge in [-0.25, -0.2) is 4.98 Å². The van der Waals surface area contributed by atoms with Crippen LogP contribution in [0.15, 0.2) is 72.8 Å². The van der Waals surface area contributed by atoms with Gasteiger partial charge in [0.2, 0.25) is 5.28 Å². The highest BCUT2D eigenvalue weighted by molar-refractivity contribution is 6.28. The van der Waals surface area contributed by atoms with Crippen molar-refractivity contribution in [2.45, 2.75) is 13.8 Å². The molecule has 0 fully saturated rings. The van der Waals surface area contributed by atoms with Crippen molar-refractivity contribution >= 4 is 17.2 Å². The average molecular weight is 348 g/mol. The Morgan fingerprint density at radius 3 is 2.08 bits per heavy atom. The van der Waals surface area contributed by atoms with E-state index < -0.39 is 0 Å². The summed E-state index contributed by atoms with van der Waals surface area (Å²) in [5, 5.41) is 0.191. The Balaban J connectivity index is 1.98. The van der Waals surface area contributed by atoms with Crippen LogP contribution in [0.2, 0.25) is 5.28 Å². The lowest BCUT2D eigenvalue weighted by Crippen LogP contribution is -1.99. The van der Waals surface area contributed by atoms with Crippen molar-refractivity contribution in [2.75, 3.05) is 0 Å². The molecule has 4 heteroatoms. The van der Waals surface area contributed by atoms with Crippen molar-refractivity contribution < 1.29 is 0 Å². The minimum absolute atomic E-state index is 0.191. The fourth-order valence-electron chi connectivity index (χ4n) is 2.53. The predicted molar refractivity (Wildman–Crippen MR) is 104 cm³/mol. The molecule has 1 heterocycles. The third-order valence-corrected chi connectivity index (χ3v) is 3.94. The Kier molecular flexibility index (Phi) is 5.36. The second kappa shape index (κ2) is 7.86. The molecule has 25 heavy (non-hydrogen) atoms. The molecule has 0 unspecified atom stereocenters. The summed E-state index contributed by atoms with van der Waals surface area (Å²) in [5.74, 6) is 1.14. The van der Waals surface area contributed by atoms with Gasteiger partial charge in [0.05, 0.1) is 0 Å². The molecule has 124 valence electrons. The lowest BCUT2D eigenvalue weighted by atomic mass is 10.0. The lowest BCUT2D eigenvalue weighted by molar-refractivity contribution is 1.03. The third-order valence-electron chi connectivity index (χ3n) is 3.77. The van der Waals surface area contributed by atoms with E-state index in [0.29, 0.717) is 11.6 Å². The molecule has 0 spiro atoms. The number of rotatable bonds is 4. The van der Waals surface area contributed by atoms with E-state index in [1.54, 1.807) is 0 Å². The van der Waals surface area contributed by atoms with Crippen LogP contribution in [0.5, 0.6) is 0 Å². The van der Waals surface area contributed by atoms with Gasteiger partial charge in [0, 0.05) is 11.1 Å². The highest BCUT2D eigenvalue weighted by Crippen LogP contribution is 2.24. The van der Waals surface area contributed by atoms with Crippen LogP contribution in [-0.4, -0.2) is 15.0 Å². The molecule has 0 N–H and O–H groups in total. The van der Waals surface area contributed by atoms with Crippen LogP contribution >= 0.6 is 11.6 Å². The zero-order valence-corrected chi connectivity index (χ0v) is 14.9. The highest BCUT2D eigenvalue weighted by Gasteiger charge is 2.09. The quantitative estimate of drug-likeness (QED) is 0.556. The van der Waals surface area contributed by atoms with Gasteiger partial charge in [0.25, 0.3) is 0 Å². The van der Waals surface area contributed by atoms with Crippen molar-refractivity contribution in [3.8, 4) is 22.5 Å². The molecule has 0 atom stereocenters. The van der Waals surface area contributed by atoms with Crippen LogP contribution in [-0.2, 0) is 0 Å². The molecule has 2 aromatic carbocycles. The molecular weight excluding hydrogens is 330 g/mol. The average Bonchev–Trinajstić information content (AvgIpc) is 2.66. The van der Waals surface area contributed by atoms with E-state index in [1.807, 2.05) is 62.4 Å². The molecule has 0 bridgehead atoms. The molecule has 0 saturated heterocycles. The van der Waals surface area contributed by atoms with Gasteiger partial charge >= 0.3 is 0 Å². The van der Waals surface area contributed by atoms with Gasteiger partial charge in [-0.1, -0.05) is 72.8 Å². The van der Waals surface area contributed by atoms with Crippen LogP contribution in [0.4, 0.5) is 0 Å². The third kappa shape index (κ3) is 4.01. The van der Waals surface area contributed by atoms with Crippen molar-refractivity contribution in [1.82, 2.24) is 15.0 Å². The molecule has 0 saturated carbocycles. The van der Waals surface area contributed by atoms with Gasteiger partial charge in [-0.2, -0.15) is 9.97 Å². The molecule has 0 aliphatic carbocycles. The van der Waals surface area contributed by atoms with E-state index >= 15 is 0 Å². The van der Waals surface area contributed by atoms with E-state index in [1.165, 1.54) is 5.56 Å². The van der Waals surface area contributed by atoms with Crippen LogP contribution < -0.4 is 0 Å². The van der Waals surface area contributed by atoms with Gasteiger partial charge in [0.1, 0.15) is 0 Å². The van der Waals surface area contributed by atoms with Crippen molar-refractivity contribution in [1.29, 1.82) is 0 Å². The summed E-state index contributed by atoms with van der Waals surface area (Å²) in [7, 11) is 0. The van der Waals surface area contributed by atoms with E-state index in [9.17, 15) is 0 Å². The smallest absolute Gasteiger partial charge is 0.208 e. The molecule has 0 amide bonds. The van der Waals surface area contributed by atoms with Gasteiger partial charge in [-0.3, -0.25) is 0 Å². The fraction of sp³-hybridized carbons (Fsp3) is 0.0952.